The molecule has 9 heteroatoms. The van der Waals surface area contributed by atoms with Crippen LogP contribution in [0, 0.1) is 6.92 Å². The Bertz CT molecular complexity index is 1520. The Morgan fingerprint density at radius 2 is 1.84 bits per heavy atom. The van der Waals surface area contributed by atoms with Crippen LogP contribution in [-0.4, -0.2) is 40.3 Å². The van der Waals surface area contributed by atoms with Crippen LogP contribution < -0.4 is 5.43 Å². The maximum Gasteiger partial charge on any atom is 0.325 e. The number of aromatic hydroxyl groups is 1. The molecule has 0 bridgehead atoms. The maximum atomic E-state index is 13.0. The highest BCUT2D eigenvalue weighted by molar-refractivity contribution is 7.51. The minimum Gasteiger partial charge on any atom is -0.508 e. The predicted octanol–water partition coefficient (Wildman–Crippen LogP) is 5.51. The van der Waals surface area contributed by atoms with Crippen LogP contribution in [0.4, 0.5) is 0 Å². The first-order valence-electron chi connectivity index (χ1n) is 12.0. The van der Waals surface area contributed by atoms with Gasteiger partial charge in [-0.15, -0.1) is 0 Å². The molecule has 1 heterocycles. The summed E-state index contributed by atoms with van der Waals surface area (Å²) in [4.78, 5) is 34.4. The van der Waals surface area contributed by atoms with Gasteiger partial charge in [-0.05, 0) is 61.2 Å². The molecule has 2 aromatic rings. The van der Waals surface area contributed by atoms with E-state index in [4.69, 9.17) is 8.94 Å². The normalized spacial score (nSPS) is 14.1. The number of benzene rings is 3. The predicted molar refractivity (Wildman–Crippen MR) is 141 cm³/mol. The van der Waals surface area contributed by atoms with Gasteiger partial charge in [0, 0.05) is 47.3 Å². The zero-order valence-corrected chi connectivity index (χ0v) is 21.5. The molecule has 8 nitrogen and oxygen atoms in total. The number of unbranched alkanes of at least 4 members (excludes halogenated alkanes) is 1. The van der Waals surface area contributed by atoms with Crippen molar-refractivity contribution in [2.75, 3.05) is 13.3 Å². The van der Waals surface area contributed by atoms with Gasteiger partial charge in [-0.3, -0.25) is 14.2 Å². The third-order valence-electron chi connectivity index (χ3n) is 6.23. The molecule has 2 aromatic carbocycles. The minimum absolute atomic E-state index is 0.0371. The minimum atomic E-state index is -3.70. The Balaban J connectivity index is 1.62. The molecule has 0 saturated heterocycles. The number of ketones is 1. The van der Waals surface area contributed by atoms with E-state index in [1.807, 2.05) is 19.1 Å². The van der Waals surface area contributed by atoms with E-state index in [1.54, 1.807) is 24.3 Å². The van der Waals surface area contributed by atoms with Gasteiger partial charge in [0.25, 0.3) is 0 Å². The van der Waals surface area contributed by atoms with E-state index in [0.29, 0.717) is 36.2 Å². The summed E-state index contributed by atoms with van der Waals surface area (Å²) in [6, 6.07) is 14.9. The zero-order valence-electron chi connectivity index (χ0n) is 20.6. The fourth-order valence-electron chi connectivity index (χ4n) is 4.47. The molecule has 2 unspecified atom stereocenters. The highest BCUT2D eigenvalue weighted by Crippen LogP contribution is 2.42. The summed E-state index contributed by atoms with van der Waals surface area (Å²) in [7, 11) is -3.70. The van der Waals surface area contributed by atoms with Gasteiger partial charge in [0.15, 0.2) is 11.2 Å². The molecule has 3 N–H and O–H groups in total. The fourth-order valence-corrected chi connectivity index (χ4v) is 5.20. The van der Waals surface area contributed by atoms with Gasteiger partial charge in [0.2, 0.25) is 0 Å². The lowest BCUT2D eigenvalue weighted by Crippen LogP contribution is -2.16. The Hall–Kier alpha value is -3.29. The SMILES string of the molecule is Cc1ccc(C(=O)CCCCC(CO)OP(C)(=O)O)cc1-c1c2ccc(=O)cc-2oc2cc(O)ccc12. The molecule has 0 saturated carbocycles. The third-order valence-corrected chi connectivity index (χ3v) is 6.92. The molecule has 2 aliphatic rings. The summed E-state index contributed by atoms with van der Waals surface area (Å²) in [6.45, 7) is 2.64. The first kappa shape index (κ1) is 26.8. The van der Waals surface area contributed by atoms with Gasteiger partial charge >= 0.3 is 7.60 Å². The van der Waals surface area contributed by atoms with Crippen molar-refractivity contribution < 1.29 is 33.4 Å². The number of aliphatic hydroxyl groups is 1. The number of Topliss-reactive ketones (excluding diaryl/α,β-unsaturated/α-hetero) is 1. The number of rotatable bonds is 10. The second-order valence-electron chi connectivity index (χ2n) is 9.23. The highest BCUT2D eigenvalue weighted by Gasteiger charge is 2.21. The molecule has 0 radical (unpaired) electrons. The van der Waals surface area contributed by atoms with Crippen molar-refractivity contribution in [1.29, 1.82) is 0 Å². The summed E-state index contributed by atoms with van der Waals surface area (Å²) < 4.78 is 22.3. The molecule has 0 fully saturated rings. The lowest BCUT2D eigenvalue weighted by Gasteiger charge is -2.18. The fraction of sp³-hybridized carbons (Fsp3) is 0.286. The monoisotopic (exact) mass is 524 g/mol. The first-order valence-corrected chi connectivity index (χ1v) is 14.0. The summed E-state index contributed by atoms with van der Waals surface area (Å²) in [6.07, 6.45) is 0.958. The number of aliphatic hydroxyl groups excluding tert-OH is 1. The van der Waals surface area contributed by atoms with Crippen molar-refractivity contribution in [3.8, 4) is 28.2 Å². The summed E-state index contributed by atoms with van der Waals surface area (Å²) in [5.41, 5.74) is 4.03. The molecule has 1 aliphatic carbocycles. The van der Waals surface area contributed by atoms with Crippen LogP contribution in [0.5, 0.6) is 5.75 Å². The van der Waals surface area contributed by atoms with Crippen LogP contribution in [0.25, 0.3) is 33.4 Å². The van der Waals surface area contributed by atoms with Crippen LogP contribution in [-0.2, 0) is 9.09 Å². The molecule has 0 spiro atoms. The molecule has 2 atom stereocenters. The molecule has 1 aliphatic heterocycles. The lowest BCUT2D eigenvalue weighted by atomic mass is 9.89. The van der Waals surface area contributed by atoms with Gasteiger partial charge in [-0.1, -0.05) is 18.6 Å². The van der Waals surface area contributed by atoms with Crippen LogP contribution in [0.2, 0.25) is 0 Å². The number of carbonyl (C=O) groups is 1. The van der Waals surface area contributed by atoms with Gasteiger partial charge in [0.1, 0.15) is 17.1 Å². The van der Waals surface area contributed by atoms with Crippen molar-refractivity contribution in [3.05, 3.63) is 75.9 Å². The van der Waals surface area contributed by atoms with E-state index in [-0.39, 0.29) is 30.0 Å². The molecular formula is C28H29O8P. The van der Waals surface area contributed by atoms with E-state index < -0.39 is 13.7 Å². The van der Waals surface area contributed by atoms with Crippen molar-refractivity contribution in [2.45, 2.75) is 38.7 Å². The van der Waals surface area contributed by atoms with Gasteiger partial charge in [-0.2, -0.15) is 0 Å². The molecule has 0 amide bonds. The van der Waals surface area contributed by atoms with Gasteiger partial charge < -0.3 is 24.0 Å². The van der Waals surface area contributed by atoms with E-state index in [9.17, 15) is 29.3 Å². The topological polar surface area (TPSA) is 134 Å². The average Bonchev–Trinajstić information content (AvgIpc) is 2.83. The highest BCUT2D eigenvalue weighted by atomic mass is 31.2. The number of aryl methyl sites for hydroxylation is 1. The molecular weight excluding hydrogens is 495 g/mol. The van der Waals surface area contributed by atoms with Crippen LogP contribution >= 0.6 is 7.60 Å². The molecule has 0 aromatic heterocycles. The number of carbonyl (C=O) groups excluding carboxylic acids is 1. The largest absolute Gasteiger partial charge is 0.508 e. The smallest absolute Gasteiger partial charge is 0.325 e. The Morgan fingerprint density at radius 1 is 1.05 bits per heavy atom. The van der Waals surface area contributed by atoms with Crippen molar-refractivity contribution in [2.24, 2.45) is 0 Å². The van der Waals surface area contributed by atoms with Crippen molar-refractivity contribution in [3.63, 3.8) is 0 Å². The molecule has 4 rings (SSSR count). The number of hydrogen-bond acceptors (Lipinski definition) is 7. The molecule has 194 valence electrons. The van der Waals surface area contributed by atoms with Gasteiger partial charge in [-0.25, -0.2) is 0 Å². The number of fused-ring (bicyclic) bond motifs is 2. The van der Waals surface area contributed by atoms with Gasteiger partial charge in [0.05, 0.1) is 12.7 Å². The lowest BCUT2D eigenvalue weighted by molar-refractivity contribution is 0.0921. The van der Waals surface area contributed by atoms with Crippen LogP contribution in [0.1, 0.15) is 41.6 Å². The van der Waals surface area contributed by atoms with E-state index >= 15 is 0 Å². The van der Waals surface area contributed by atoms with Crippen LogP contribution in [0.15, 0.2) is 63.8 Å². The third kappa shape index (κ3) is 6.35. The Morgan fingerprint density at radius 3 is 2.57 bits per heavy atom. The number of phenols is 1. The van der Waals surface area contributed by atoms with E-state index in [2.05, 4.69) is 0 Å². The average molecular weight is 525 g/mol. The standard InChI is InChI=1S/C28H29O8P/c1-17-7-8-18(25(32)6-4-3-5-21(16-29)36-37(2,33)34)13-24(17)28-22-11-9-19(30)14-26(22)35-27-15-20(31)10-12-23(27)28/h7-15,21,29-30H,3-6,16H2,1-2H3,(H,33,34). The zero-order chi connectivity index (χ0) is 26.7. The second-order valence-corrected chi connectivity index (χ2v) is 11.0. The summed E-state index contributed by atoms with van der Waals surface area (Å²) in [5.74, 6) is 0.367. The number of phenolic OH excluding ortho intramolecular Hbond substituents is 1. The molecule has 37 heavy (non-hydrogen) atoms. The van der Waals surface area contributed by atoms with E-state index in [0.717, 1.165) is 34.3 Å². The van der Waals surface area contributed by atoms with Crippen molar-refractivity contribution >= 4 is 24.3 Å². The first-order chi connectivity index (χ1) is 17.6. The number of hydrogen-bond donors (Lipinski definition) is 3. The maximum absolute atomic E-state index is 13.0. The van der Waals surface area contributed by atoms with Crippen molar-refractivity contribution in [1.82, 2.24) is 0 Å². The summed E-state index contributed by atoms with van der Waals surface area (Å²) in [5, 5.41) is 20.1. The Labute approximate surface area is 214 Å². The van der Waals surface area contributed by atoms with Crippen LogP contribution in [0.3, 0.4) is 0 Å². The quantitative estimate of drug-likeness (QED) is 0.107. The second kappa shape index (κ2) is 11.0. The van der Waals surface area contributed by atoms with E-state index in [1.165, 1.54) is 18.2 Å². The Kier molecular flexibility index (Phi) is 7.95. The summed E-state index contributed by atoms with van der Waals surface area (Å²) >= 11 is 0.